The number of nitrogens with two attached hydrogens (primary N) is 1. The molecule has 0 spiro atoms. The van der Waals surface area contributed by atoms with Crippen LogP contribution in [0.4, 0.5) is 5.69 Å². The number of hydrogen-bond donors (Lipinski definition) is 1. The predicted octanol–water partition coefficient (Wildman–Crippen LogP) is 0.781. The van der Waals surface area contributed by atoms with Crippen molar-refractivity contribution < 1.29 is 17.9 Å². The molecule has 2 rings (SSSR count). The van der Waals surface area contributed by atoms with E-state index in [0.717, 1.165) is 0 Å². The molecule has 0 atom stereocenters. The molecule has 1 aromatic rings. The zero-order chi connectivity index (χ0) is 17.7. The Hall–Kier alpha value is -1.64. The fourth-order valence-corrected chi connectivity index (χ4v) is 3.83. The molecule has 8 heteroatoms. The van der Waals surface area contributed by atoms with Gasteiger partial charge < -0.3 is 15.4 Å². The Morgan fingerprint density at radius 2 is 1.83 bits per heavy atom. The molecule has 1 amide bonds. The molecule has 1 aliphatic heterocycles. The lowest BCUT2D eigenvalue weighted by Gasteiger charge is -2.34. The van der Waals surface area contributed by atoms with Crippen molar-refractivity contribution in [3.05, 3.63) is 29.8 Å². The maximum Gasteiger partial charge on any atom is 0.256 e. The topological polar surface area (TPSA) is 92.9 Å². The Morgan fingerprint density at radius 3 is 2.42 bits per heavy atom. The smallest absolute Gasteiger partial charge is 0.256 e. The summed E-state index contributed by atoms with van der Waals surface area (Å²) in [7, 11) is -3.36. The number of benzene rings is 1. The van der Waals surface area contributed by atoms with Gasteiger partial charge in [-0.05, 0) is 26.0 Å². The largest absolute Gasteiger partial charge is 0.398 e. The first kappa shape index (κ1) is 18.7. The van der Waals surface area contributed by atoms with Crippen LogP contribution in [0.2, 0.25) is 0 Å². The predicted molar refractivity (Wildman–Crippen MR) is 93.2 cm³/mol. The molecule has 0 unspecified atom stereocenters. The second kappa shape index (κ2) is 7.96. The van der Waals surface area contributed by atoms with Gasteiger partial charge in [-0.3, -0.25) is 4.79 Å². The summed E-state index contributed by atoms with van der Waals surface area (Å²) in [5, 5.41) is 0. The molecule has 24 heavy (non-hydrogen) atoms. The Labute approximate surface area is 143 Å². The van der Waals surface area contributed by atoms with Crippen molar-refractivity contribution in [1.82, 2.24) is 9.21 Å². The average Bonchev–Trinajstić information content (AvgIpc) is 2.54. The van der Waals surface area contributed by atoms with E-state index in [-0.39, 0.29) is 24.4 Å². The maximum atomic E-state index is 12.5. The molecule has 1 aromatic carbocycles. The van der Waals surface area contributed by atoms with Gasteiger partial charge in [-0.25, -0.2) is 8.42 Å². The van der Waals surface area contributed by atoms with Crippen LogP contribution in [0.5, 0.6) is 0 Å². The number of amides is 1. The van der Waals surface area contributed by atoms with Crippen LogP contribution in [0.15, 0.2) is 24.3 Å². The van der Waals surface area contributed by atoms with Gasteiger partial charge in [0.05, 0.1) is 24.0 Å². The zero-order valence-electron chi connectivity index (χ0n) is 14.1. The highest BCUT2D eigenvalue weighted by molar-refractivity contribution is 7.89. The molecule has 0 radical (unpaired) electrons. The number of carbonyl (C=O) groups is 1. The van der Waals surface area contributed by atoms with Crippen molar-refractivity contribution in [3.8, 4) is 0 Å². The Balaban J connectivity index is 1.91. The third-order valence-corrected chi connectivity index (χ3v) is 5.74. The molecular weight excluding hydrogens is 330 g/mol. The van der Waals surface area contributed by atoms with E-state index in [1.165, 1.54) is 4.31 Å². The van der Waals surface area contributed by atoms with Gasteiger partial charge in [-0.2, -0.15) is 4.31 Å². The molecule has 2 N–H and O–H groups in total. The number of anilines is 1. The molecule has 7 nitrogen and oxygen atoms in total. The highest BCUT2D eigenvalue weighted by Gasteiger charge is 2.29. The molecule has 134 valence electrons. The number of carbonyl (C=O) groups excluding carboxylic acids is 1. The first-order valence-electron chi connectivity index (χ1n) is 8.04. The van der Waals surface area contributed by atoms with Crippen molar-refractivity contribution in [3.63, 3.8) is 0 Å². The van der Waals surface area contributed by atoms with Crippen molar-refractivity contribution in [1.29, 1.82) is 0 Å². The second-order valence-electron chi connectivity index (χ2n) is 6.01. The summed E-state index contributed by atoms with van der Waals surface area (Å²) in [4.78, 5) is 14.1. The van der Waals surface area contributed by atoms with Gasteiger partial charge in [0.15, 0.2) is 0 Å². The number of nitrogens with zero attached hydrogens (tertiary/aromatic N) is 2. The van der Waals surface area contributed by atoms with E-state index in [9.17, 15) is 13.2 Å². The van der Waals surface area contributed by atoms with Crippen molar-refractivity contribution >= 4 is 21.6 Å². The summed E-state index contributed by atoms with van der Waals surface area (Å²) in [6.45, 7) is 5.22. The van der Waals surface area contributed by atoms with Crippen LogP contribution in [0.25, 0.3) is 0 Å². The van der Waals surface area contributed by atoms with Crippen LogP contribution < -0.4 is 5.73 Å². The van der Waals surface area contributed by atoms with Crippen molar-refractivity contribution in [2.45, 2.75) is 20.0 Å². The number of rotatable bonds is 6. The van der Waals surface area contributed by atoms with Crippen LogP contribution in [-0.2, 0) is 14.8 Å². The van der Waals surface area contributed by atoms with E-state index in [4.69, 9.17) is 10.5 Å². The average molecular weight is 355 g/mol. The summed E-state index contributed by atoms with van der Waals surface area (Å²) in [6, 6.07) is 6.90. The first-order valence-corrected chi connectivity index (χ1v) is 9.65. The summed E-state index contributed by atoms with van der Waals surface area (Å²) >= 11 is 0. The number of sulfonamides is 1. The van der Waals surface area contributed by atoms with Crippen molar-refractivity contribution in [2.75, 3.05) is 44.3 Å². The third-order valence-electron chi connectivity index (χ3n) is 3.90. The molecule has 0 saturated carbocycles. The second-order valence-corrected chi connectivity index (χ2v) is 8.10. The molecule has 1 fully saturated rings. The molecule has 0 aliphatic carbocycles. The quantitative estimate of drug-likeness (QED) is 0.761. The zero-order valence-corrected chi connectivity index (χ0v) is 15.0. The lowest BCUT2D eigenvalue weighted by Crippen LogP contribution is -2.51. The highest BCUT2D eigenvalue weighted by Crippen LogP contribution is 2.16. The Kier molecular flexibility index (Phi) is 6.20. The van der Waals surface area contributed by atoms with E-state index in [0.29, 0.717) is 37.4 Å². The Bertz CT molecular complexity index is 668. The number of piperazine rings is 1. The number of ether oxygens (including phenoxy) is 1. The molecule has 1 aliphatic rings. The summed E-state index contributed by atoms with van der Waals surface area (Å²) in [6.07, 6.45) is 0.00556. The fraction of sp³-hybridized carbons (Fsp3) is 0.562. The lowest BCUT2D eigenvalue weighted by molar-refractivity contribution is 0.0694. The van der Waals surface area contributed by atoms with Gasteiger partial charge in [-0.15, -0.1) is 0 Å². The fourth-order valence-electron chi connectivity index (χ4n) is 2.55. The van der Waals surface area contributed by atoms with Crippen LogP contribution in [0.1, 0.15) is 24.2 Å². The van der Waals surface area contributed by atoms with Crippen LogP contribution in [0.3, 0.4) is 0 Å². The van der Waals surface area contributed by atoms with E-state index < -0.39 is 10.0 Å². The van der Waals surface area contributed by atoms with E-state index in [2.05, 4.69) is 0 Å². The highest BCUT2D eigenvalue weighted by atomic mass is 32.2. The minimum atomic E-state index is -3.36. The number of para-hydroxylation sites is 1. The van der Waals surface area contributed by atoms with E-state index in [1.54, 1.807) is 29.2 Å². The SMILES string of the molecule is CC(C)OCCS(=O)(=O)N1CCN(C(=O)c2ccccc2N)CC1. The first-order chi connectivity index (χ1) is 11.3. The van der Waals surface area contributed by atoms with Gasteiger partial charge in [0.1, 0.15) is 0 Å². The summed E-state index contributed by atoms with van der Waals surface area (Å²) in [5.41, 5.74) is 6.73. The molecule has 1 saturated heterocycles. The molecule has 0 aromatic heterocycles. The molecule has 1 heterocycles. The standard InChI is InChI=1S/C16H25N3O4S/c1-13(2)23-11-12-24(21,22)19-9-7-18(8-10-19)16(20)14-5-3-4-6-15(14)17/h3-6,13H,7-12,17H2,1-2H3. The van der Waals surface area contributed by atoms with Gasteiger partial charge in [-0.1, -0.05) is 12.1 Å². The Morgan fingerprint density at radius 1 is 1.21 bits per heavy atom. The minimum absolute atomic E-state index is 0.00556. The third kappa shape index (κ3) is 4.68. The van der Waals surface area contributed by atoms with E-state index >= 15 is 0 Å². The maximum absolute atomic E-state index is 12.5. The summed E-state index contributed by atoms with van der Waals surface area (Å²) < 4.78 is 31.3. The van der Waals surface area contributed by atoms with Gasteiger partial charge in [0.25, 0.3) is 5.91 Å². The lowest BCUT2D eigenvalue weighted by atomic mass is 10.1. The number of nitrogen functional groups attached to an aromatic ring is 1. The normalized spacial score (nSPS) is 16.5. The minimum Gasteiger partial charge on any atom is -0.398 e. The van der Waals surface area contributed by atoms with Gasteiger partial charge >= 0.3 is 0 Å². The van der Waals surface area contributed by atoms with Gasteiger partial charge in [0.2, 0.25) is 10.0 Å². The number of hydrogen-bond acceptors (Lipinski definition) is 5. The summed E-state index contributed by atoms with van der Waals surface area (Å²) in [5.74, 6) is -0.196. The molecule has 0 bridgehead atoms. The van der Waals surface area contributed by atoms with Gasteiger partial charge in [0, 0.05) is 31.9 Å². The van der Waals surface area contributed by atoms with Crippen LogP contribution >= 0.6 is 0 Å². The van der Waals surface area contributed by atoms with Crippen LogP contribution in [-0.4, -0.2) is 68.2 Å². The van der Waals surface area contributed by atoms with Crippen molar-refractivity contribution in [2.24, 2.45) is 0 Å². The molecular formula is C16H25N3O4S. The van der Waals surface area contributed by atoms with E-state index in [1.807, 2.05) is 13.8 Å². The monoisotopic (exact) mass is 355 g/mol. The van der Waals surface area contributed by atoms with Crippen LogP contribution in [0, 0.1) is 0 Å².